The van der Waals surface area contributed by atoms with Gasteiger partial charge in [-0.05, 0) is 36.6 Å². The maximum Gasteiger partial charge on any atom is 0.335 e. The number of hydrogen-bond donors (Lipinski definition) is 1. The van der Waals surface area contributed by atoms with E-state index < -0.39 is 5.97 Å². The number of thioether (sulfide) groups is 1. The Labute approximate surface area is 119 Å². The number of carbonyl (C=O) groups is 1. The van der Waals surface area contributed by atoms with Gasteiger partial charge in [0.25, 0.3) is 0 Å². The monoisotopic (exact) mass is 285 g/mol. The summed E-state index contributed by atoms with van der Waals surface area (Å²) in [4.78, 5) is 12.1. The molecule has 6 heteroatoms. The second kappa shape index (κ2) is 4.97. The molecule has 3 rings (SSSR count). The van der Waals surface area contributed by atoms with E-state index in [1.54, 1.807) is 28.6 Å². The van der Waals surface area contributed by atoms with Crippen molar-refractivity contribution in [3.63, 3.8) is 0 Å². The fourth-order valence-corrected chi connectivity index (χ4v) is 2.61. The number of nitrogens with zero attached hydrogens (tertiary/aromatic N) is 3. The Hall–Kier alpha value is -2.34. The Morgan fingerprint density at radius 3 is 2.80 bits per heavy atom. The molecule has 1 aromatic heterocycles. The average Bonchev–Trinajstić information content (AvgIpc) is 2.89. The van der Waals surface area contributed by atoms with E-state index in [9.17, 15) is 4.79 Å². The Morgan fingerprint density at radius 1 is 1.25 bits per heavy atom. The third-order valence-corrected chi connectivity index (χ3v) is 3.79. The molecule has 1 heterocycles. The summed E-state index contributed by atoms with van der Waals surface area (Å²) in [5, 5.41) is 17.3. The first-order valence-electron chi connectivity index (χ1n) is 5.93. The number of rotatable bonds is 3. The minimum atomic E-state index is -0.960. The van der Waals surface area contributed by atoms with Crippen molar-refractivity contribution in [2.75, 3.05) is 6.26 Å². The normalized spacial score (nSPS) is 10.8. The highest BCUT2D eigenvalue weighted by Crippen LogP contribution is 2.26. The van der Waals surface area contributed by atoms with Crippen LogP contribution in [-0.2, 0) is 0 Å². The van der Waals surface area contributed by atoms with E-state index in [1.165, 1.54) is 6.07 Å². The highest BCUT2D eigenvalue weighted by Gasteiger charge is 2.12. The van der Waals surface area contributed by atoms with Crippen LogP contribution in [0.15, 0.2) is 47.4 Å². The molecule has 0 unspecified atom stereocenters. The van der Waals surface area contributed by atoms with Crippen molar-refractivity contribution < 1.29 is 9.90 Å². The van der Waals surface area contributed by atoms with Gasteiger partial charge in [-0.1, -0.05) is 17.3 Å². The molecule has 0 radical (unpaired) electrons. The third-order valence-electron chi connectivity index (χ3n) is 3.01. The van der Waals surface area contributed by atoms with Gasteiger partial charge in [-0.25, -0.2) is 9.48 Å². The van der Waals surface area contributed by atoms with E-state index in [4.69, 9.17) is 5.11 Å². The molecule has 2 aromatic carbocycles. The average molecular weight is 285 g/mol. The molecule has 0 bridgehead atoms. The zero-order valence-electron chi connectivity index (χ0n) is 10.6. The number of fused-ring (bicyclic) bond motifs is 1. The molecule has 0 aliphatic carbocycles. The van der Waals surface area contributed by atoms with Gasteiger partial charge in [0, 0.05) is 4.90 Å². The minimum absolute atomic E-state index is 0.225. The molecule has 1 N–H and O–H groups in total. The van der Waals surface area contributed by atoms with Gasteiger partial charge in [-0.3, -0.25) is 0 Å². The van der Waals surface area contributed by atoms with Gasteiger partial charge in [0.1, 0.15) is 5.52 Å². The Bertz CT molecular complexity index is 798. The Balaban J connectivity index is 2.26. The van der Waals surface area contributed by atoms with Crippen LogP contribution in [0.5, 0.6) is 0 Å². The lowest BCUT2D eigenvalue weighted by atomic mass is 10.2. The van der Waals surface area contributed by atoms with Crippen molar-refractivity contribution >= 4 is 28.8 Å². The van der Waals surface area contributed by atoms with Crippen LogP contribution in [-0.4, -0.2) is 32.3 Å². The molecule has 0 amide bonds. The van der Waals surface area contributed by atoms with Crippen LogP contribution in [0.3, 0.4) is 0 Å². The SMILES string of the molecule is CSc1ccccc1-n1nnc2ccc(C(=O)O)cc21. The van der Waals surface area contributed by atoms with E-state index in [0.29, 0.717) is 11.0 Å². The van der Waals surface area contributed by atoms with Crippen LogP contribution in [0.2, 0.25) is 0 Å². The molecule has 0 saturated carbocycles. The van der Waals surface area contributed by atoms with E-state index in [0.717, 1.165) is 10.6 Å². The molecular weight excluding hydrogens is 274 g/mol. The summed E-state index contributed by atoms with van der Waals surface area (Å²) in [7, 11) is 0. The first-order valence-corrected chi connectivity index (χ1v) is 7.15. The van der Waals surface area contributed by atoms with Gasteiger partial charge in [0.05, 0.1) is 16.8 Å². The van der Waals surface area contributed by atoms with E-state index in [2.05, 4.69) is 10.3 Å². The molecule has 100 valence electrons. The van der Waals surface area contributed by atoms with Gasteiger partial charge in [0.2, 0.25) is 0 Å². The van der Waals surface area contributed by atoms with Crippen LogP contribution < -0.4 is 0 Å². The van der Waals surface area contributed by atoms with Gasteiger partial charge in [-0.15, -0.1) is 16.9 Å². The number of hydrogen-bond acceptors (Lipinski definition) is 4. The van der Waals surface area contributed by atoms with Crippen molar-refractivity contribution in [2.24, 2.45) is 0 Å². The fourth-order valence-electron chi connectivity index (χ4n) is 2.03. The quantitative estimate of drug-likeness (QED) is 0.749. The van der Waals surface area contributed by atoms with Gasteiger partial charge < -0.3 is 5.11 Å². The number of benzene rings is 2. The summed E-state index contributed by atoms with van der Waals surface area (Å²) in [5.74, 6) is -0.960. The second-order valence-corrected chi connectivity index (χ2v) is 5.03. The van der Waals surface area contributed by atoms with Crippen LogP contribution in [0.4, 0.5) is 0 Å². The van der Waals surface area contributed by atoms with Crippen molar-refractivity contribution in [3.05, 3.63) is 48.0 Å². The summed E-state index contributed by atoms with van der Waals surface area (Å²) in [6.07, 6.45) is 1.99. The number of carboxylic acids is 1. The van der Waals surface area contributed by atoms with Crippen LogP contribution in [0.1, 0.15) is 10.4 Å². The molecule has 0 fully saturated rings. The predicted octanol–water partition coefficient (Wildman–Crippen LogP) is 2.84. The van der Waals surface area contributed by atoms with Crippen LogP contribution in [0.25, 0.3) is 16.7 Å². The summed E-state index contributed by atoms with van der Waals surface area (Å²) in [5.41, 5.74) is 2.48. The summed E-state index contributed by atoms with van der Waals surface area (Å²) in [6.45, 7) is 0. The molecule has 0 saturated heterocycles. The van der Waals surface area contributed by atoms with Crippen molar-refractivity contribution in [1.82, 2.24) is 15.0 Å². The molecule has 0 aliphatic rings. The highest BCUT2D eigenvalue weighted by molar-refractivity contribution is 7.98. The maximum atomic E-state index is 11.1. The maximum absolute atomic E-state index is 11.1. The van der Waals surface area contributed by atoms with Gasteiger partial charge in [-0.2, -0.15) is 0 Å². The third kappa shape index (κ3) is 2.04. The predicted molar refractivity (Wildman–Crippen MR) is 77.6 cm³/mol. The standard InChI is InChI=1S/C14H11N3O2S/c1-20-13-5-3-2-4-11(13)17-12-8-9(14(18)19)6-7-10(12)15-16-17/h2-8H,1H3,(H,18,19). The molecule has 0 aliphatic heterocycles. The Kier molecular flexibility index (Phi) is 3.15. The summed E-state index contributed by atoms with van der Waals surface area (Å²) < 4.78 is 1.67. The smallest absolute Gasteiger partial charge is 0.335 e. The van der Waals surface area contributed by atoms with E-state index in [1.807, 2.05) is 30.5 Å². The largest absolute Gasteiger partial charge is 0.478 e. The lowest BCUT2D eigenvalue weighted by Gasteiger charge is -2.07. The van der Waals surface area contributed by atoms with Crippen LogP contribution in [0, 0.1) is 0 Å². The number of aromatic nitrogens is 3. The highest BCUT2D eigenvalue weighted by atomic mass is 32.2. The van der Waals surface area contributed by atoms with Crippen molar-refractivity contribution in [3.8, 4) is 5.69 Å². The molecule has 20 heavy (non-hydrogen) atoms. The number of para-hydroxylation sites is 1. The number of aromatic carboxylic acids is 1. The molecule has 0 spiro atoms. The van der Waals surface area contributed by atoms with Gasteiger partial charge >= 0.3 is 5.97 Å². The molecule has 0 atom stereocenters. The lowest BCUT2D eigenvalue weighted by molar-refractivity contribution is 0.0697. The van der Waals surface area contributed by atoms with E-state index >= 15 is 0 Å². The minimum Gasteiger partial charge on any atom is -0.478 e. The van der Waals surface area contributed by atoms with Gasteiger partial charge in [0.15, 0.2) is 0 Å². The lowest BCUT2D eigenvalue weighted by Crippen LogP contribution is -2.00. The summed E-state index contributed by atoms with van der Waals surface area (Å²) >= 11 is 1.61. The second-order valence-electron chi connectivity index (χ2n) is 4.18. The summed E-state index contributed by atoms with van der Waals surface area (Å²) in [6, 6.07) is 12.6. The number of carboxylic acid groups (broad SMARTS) is 1. The zero-order chi connectivity index (χ0) is 14.1. The van der Waals surface area contributed by atoms with Crippen molar-refractivity contribution in [2.45, 2.75) is 4.90 Å². The first kappa shape index (κ1) is 12.7. The van der Waals surface area contributed by atoms with Crippen molar-refractivity contribution in [1.29, 1.82) is 0 Å². The molecule has 5 nitrogen and oxygen atoms in total. The van der Waals surface area contributed by atoms with Crippen LogP contribution >= 0.6 is 11.8 Å². The topological polar surface area (TPSA) is 68.0 Å². The van der Waals surface area contributed by atoms with E-state index in [-0.39, 0.29) is 5.56 Å². The Morgan fingerprint density at radius 2 is 2.05 bits per heavy atom. The first-order chi connectivity index (χ1) is 9.70. The molecular formula is C14H11N3O2S. The molecule has 3 aromatic rings. The fraction of sp³-hybridized carbons (Fsp3) is 0.0714. The zero-order valence-corrected chi connectivity index (χ0v) is 11.5.